The van der Waals surface area contributed by atoms with Gasteiger partial charge in [0, 0.05) is 0 Å². The van der Waals surface area contributed by atoms with Crippen LogP contribution in [0.4, 0.5) is 0 Å². The second kappa shape index (κ2) is 24.2. The van der Waals surface area contributed by atoms with Crippen LogP contribution >= 0.6 is 0 Å². The number of carbonyl (C=O) groups is 1. The molecule has 0 N–H and O–H groups in total. The van der Waals surface area contributed by atoms with E-state index in [-0.39, 0.29) is 27.2 Å². The Labute approximate surface area is 181 Å². The third kappa shape index (κ3) is 24.2. The molecule has 0 aromatic rings. The van der Waals surface area contributed by atoms with Gasteiger partial charge in [-0.3, -0.25) is 0 Å². The number of ether oxygens (including phenoxy) is 1. The second-order valence-corrected chi connectivity index (χ2v) is 10.5. The molecule has 0 aliphatic heterocycles. The molecule has 0 spiro atoms. The fourth-order valence-electron chi connectivity index (χ4n) is 3.43. The molecule has 0 fully saturated rings. The van der Waals surface area contributed by atoms with Gasteiger partial charge in [0.2, 0.25) is 0 Å². The Morgan fingerprint density at radius 1 is 0.630 bits per heavy atom. The van der Waals surface area contributed by atoms with Gasteiger partial charge in [0.25, 0.3) is 0 Å². The summed E-state index contributed by atoms with van der Waals surface area (Å²) in [7, 11) is 0. The molecule has 0 aromatic carbocycles. The molecule has 0 heterocycles. The first-order valence-corrected chi connectivity index (χ1v) is 15.6. The summed E-state index contributed by atoms with van der Waals surface area (Å²) >= 11 is 0.230. The normalized spacial score (nSPS) is 11.2. The summed E-state index contributed by atoms with van der Waals surface area (Å²) < 4.78 is 6.32. The van der Waals surface area contributed by atoms with Gasteiger partial charge in [-0.2, -0.15) is 0 Å². The van der Waals surface area contributed by atoms with Gasteiger partial charge in [0.15, 0.2) is 0 Å². The van der Waals surface area contributed by atoms with E-state index >= 15 is 0 Å². The third-order valence-electron chi connectivity index (χ3n) is 5.25. The molecule has 0 rings (SSSR count). The van der Waals surface area contributed by atoms with Crippen LogP contribution in [0.5, 0.6) is 0 Å². The van der Waals surface area contributed by atoms with E-state index in [0.29, 0.717) is 13.0 Å². The SMILES string of the molecule is CCCCCCCCCCCCCCCCCCCCOC(=O)CC[I-]C. The van der Waals surface area contributed by atoms with E-state index in [0.717, 1.165) is 10.8 Å². The van der Waals surface area contributed by atoms with Crippen molar-refractivity contribution in [2.45, 2.75) is 129 Å². The molecule has 0 radical (unpaired) electrons. The second-order valence-electron chi connectivity index (χ2n) is 7.94. The van der Waals surface area contributed by atoms with Crippen molar-refractivity contribution in [2.75, 3.05) is 16.0 Å². The Bertz CT molecular complexity index is 294. The fourth-order valence-corrected chi connectivity index (χ4v) is 4.41. The fraction of sp³-hybridized carbons (Fsp3) is 0.958. The molecule has 0 aromatic heterocycles. The zero-order valence-electron chi connectivity index (χ0n) is 18.5. The molecule has 0 atom stereocenters. The molecule has 0 aliphatic carbocycles. The van der Waals surface area contributed by atoms with Gasteiger partial charge in [-0.1, -0.05) is 77.6 Å². The molecule has 0 unspecified atom stereocenters. The van der Waals surface area contributed by atoms with Crippen molar-refractivity contribution in [1.82, 2.24) is 0 Å². The number of unbranched alkanes of at least 4 members (excludes halogenated alkanes) is 17. The Morgan fingerprint density at radius 2 is 1.00 bits per heavy atom. The number of esters is 1. The third-order valence-corrected chi connectivity index (χ3v) is 6.87. The number of rotatable bonds is 22. The van der Waals surface area contributed by atoms with Gasteiger partial charge in [-0.15, -0.1) is 0 Å². The van der Waals surface area contributed by atoms with Gasteiger partial charge >= 0.3 is 104 Å². The monoisotopic (exact) mass is 495 g/mol. The van der Waals surface area contributed by atoms with Crippen molar-refractivity contribution in [3.05, 3.63) is 0 Å². The number of alkyl halides is 2. The van der Waals surface area contributed by atoms with Crippen molar-refractivity contribution in [3.8, 4) is 0 Å². The van der Waals surface area contributed by atoms with Gasteiger partial charge in [0.1, 0.15) is 0 Å². The number of carbonyl (C=O) groups excluding carboxylic acids is 1. The zero-order valence-corrected chi connectivity index (χ0v) is 20.7. The van der Waals surface area contributed by atoms with Crippen LogP contribution in [0.15, 0.2) is 0 Å². The predicted octanol–water partition coefficient (Wildman–Crippen LogP) is 4.68. The van der Waals surface area contributed by atoms with Crippen LogP contribution in [0.2, 0.25) is 0 Å². The average Bonchev–Trinajstić information content (AvgIpc) is 2.68. The van der Waals surface area contributed by atoms with Crippen LogP contribution in [-0.4, -0.2) is 21.9 Å². The topological polar surface area (TPSA) is 26.3 Å². The molecule has 164 valence electrons. The Kier molecular flexibility index (Phi) is 24.4. The number of hydrogen-bond donors (Lipinski definition) is 0. The van der Waals surface area contributed by atoms with Crippen LogP contribution in [-0.2, 0) is 9.53 Å². The minimum absolute atomic E-state index is 0.0172. The summed E-state index contributed by atoms with van der Waals surface area (Å²) in [5, 5.41) is 0. The predicted molar refractivity (Wildman–Crippen MR) is 115 cm³/mol. The first-order chi connectivity index (χ1) is 13.3. The molecule has 0 amide bonds. The van der Waals surface area contributed by atoms with Crippen molar-refractivity contribution >= 4 is 5.97 Å². The Morgan fingerprint density at radius 3 is 1.37 bits per heavy atom. The minimum atomic E-state index is 0.0172. The summed E-state index contributed by atoms with van der Waals surface area (Å²) in [5.74, 6) is 0.0172. The molecule has 0 bridgehead atoms. The maximum absolute atomic E-state index is 11.4. The van der Waals surface area contributed by atoms with E-state index in [1.807, 2.05) is 0 Å². The van der Waals surface area contributed by atoms with Gasteiger partial charge < -0.3 is 0 Å². The Hall–Kier alpha value is 0.200. The van der Waals surface area contributed by atoms with Gasteiger partial charge in [-0.05, 0) is 0 Å². The van der Waals surface area contributed by atoms with Crippen molar-refractivity contribution in [1.29, 1.82) is 0 Å². The summed E-state index contributed by atoms with van der Waals surface area (Å²) in [5.41, 5.74) is 0. The summed E-state index contributed by atoms with van der Waals surface area (Å²) in [6.07, 6.45) is 25.6. The molecular weight excluding hydrogens is 447 g/mol. The van der Waals surface area contributed by atoms with Crippen LogP contribution in [0.1, 0.15) is 129 Å². The Balaban J connectivity index is 3.04. The van der Waals surface area contributed by atoms with Crippen LogP contribution in [0.25, 0.3) is 0 Å². The summed E-state index contributed by atoms with van der Waals surface area (Å²) in [6.45, 7) is 2.93. The van der Waals surface area contributed by atoms with E-state index in [1.54, 1.807) is 0 Å². The molecule has 3 heteroatoms. The standard InChI is InChI=1S/C24H48IO2/c1-3-4-5-6-7-8-9-10-11-12-13-14-15-16-17-18-19-20-23-27-24(26)21-22-25-2/h3-23H2,1-2H3/q-1. The van der Waals surface area contributed by atoms with Crippen LogP contribution < -0.4 is 21.2 Å². The molecule has 27 heavy (non-hydrogen) atoms. The van der Waals surface area contributed by atoms with Crippen LogP contribution in [0, 0.1) is 0 Å². The van der Waals surface area contributed by atoms with Gasteiger partial charge in [0.05, 0.1) is 0 Å². The number of hydrogen-bond acceptors (Lipinski definition) is 2. The number of halogens is 1. The molecule has 2 nitrogen and oxygen atoms in total. The van der Waals surface area contributed by atoms with Crippen molar-refractivity contribution in [2.24, 2.45) is 0 Å². The van der Waals surface area contributed by atoms with Crippen molar-refractivity contribution in [3.63, 3.8) is 0 Å². The first-order valence-electron chi connectivity index (χ1n) is 11.9. The molecular formula is C24H48IO2-. The van der Waals surface area contributed by atoms with Crippen LogP contribution in [0.3, 0.4) is 0 Å². The van der Waals surface area contributed by atoms with E-state index in [4.69, 9.17) is 4.74 Å². The first kappa shape index (κ1) is 27.2. The maximum atomic E-state index is 11.4. The van der Waals surface area contributed by atoms with Gasteiger partial charge in [-0.25, -0.2) is 0 Å². The molecule has 0 saturated heterocycles. The van der Waals surface area contributed by atoms with E-state index in [2.05, 4.69) is 11.9 Å². The van der Waals surface area contributed by atoms with E-state index < -0.39 is 0 Å². The molecule has 0 saturated carbocycles. The quantitative estimate of drug-likeness (QED) is 0.0944. The average molecular weight is 496 g/mol. The molecule has 0 aliphatic rings. The summed E-state index contributed by atoms with van der Waals surface area (Å²) in [4.78, 5) is 13.6. The van der Waals surface area contributed by atoms with E-state index in [9.17, 15) is 4.79 Å². The summed E-state index contributed by atoms with van der Waals surface area (Å²) in [6, 6.07) is 0. The van der Waals surface area contributed by atoms with E-state index in [1.165, 1.54) is 109 Å². The zero-order chi connectivity index (χ0) is 19.8. The van der Waals surface area contributed by atoms with Crippen molar-refractivity contribution < 1.29 is 30.7 Å².